The molecule has 1 heterocycles. The maximum atomic E-state index is 12.9. The van der Waals surface area contributed by atoms with Crippen molar-refractivity contribution in [2.24, 2.45) is 23.7 Å². The summed E-state index contributed by atoms with van der Waals surface area (Å²) in [5, 5.41) is 0. The highest BCUT2D eigenvalue weighted by Crippen LogP contribution is 2.60. The van der Waals surface area contributed by atoms with E-state index in [0.29, 0.717) is 12.3 Å². The molecule has 0 N–H and O–H groups in total. The number of anilines is 1. The van der Waals surface area contributed by atoms with Gasteiger partial charge in [-0.05, 0) is 49.4 Å². The lowest BCUT2D eigenvalue weighted by molar-refractivity contribution is -0.123. The van der Waals surface area contributed by atoms with Crippen molar-refractivity contribution in [1.82, 2.24) is 0 Å². The van der Waals surface area contributed by atoms with Gasteiger partial charge in [-0.3, -0.25) is 14.5 Å². The molecule has 3 aliphatic rings. The molecular formula is C17H17Br2NO3. The second-order valence-electron chi connectivity index (χ2n) is 6.44. The number of amides is 2. The van der Waals surface area contributed by atoms with Gasteiger partial charge in [0.15, 0.2) is 0 Å². The Morgan fingerprint density at radius 2 is 1.57 bits per heavy atom. The van der Waals surface area contributed by atoms with Gasteiger partial charge in [0, 0.05) is 9.65 Å². The zero-order valence-corrected chi connectivity index (χ0v) is 15.8. The maximum absolute atomic E-state index is 12.9. The average Bonchev–Trinajstić information content (AvgIpc) is 3.14. The normalized spacial score (nSPS) is 38.3. The molecule has 2 bridgehead atoms. The lowest BCUT2D eigenvalue weighted by Crippen LogP contribution is -2.37. The molecule has 1 saturated heterocycles. The van der Waals surface area contributed by atoms with Gasteiger partial charge in [0.2, 0.25) is 11.8 Å². The zero-order chi connectivity index (χ0) is 16.3. The summed E-state index contributed by atoms with van der Waals surface area (Å²) in [6, 6.07) is 7.20. The average molecular weight is 443 g/mol. The van der Waals surface area contributed by atoms with E-state index in [0.717, 1.165) is 12.2 Å². The van der Waals surface area contributed by atoms with Gasteiger partial charge in [0.1, 0.15) is 5.75 Å². The summed E-state index contributed by atoms with van der Waals surface area (Å²) in [6.07, 6.45) is 0.954. The number of nitrogens with zero attached hydrogens (tertiary/aromatic N) is 1. The molecule has 1 aliphatic heterocycles. The van der Waals surface area contributed by atoms with Crippen LogP contribution in [0.1, 0.15) is 13.3 Å². The topological polar surface area (TPSA) is 46.6 Å². The Balaban J connectivity index is 1.64. The lowest BCUT2D eigenvalue weighted by Gasteiger charge is -2.28. The summed E-state index contributed by atoms with van der Waals surface area (Å²) < 4.78 is 5.42. The molecule has 0 unspecified atom stereocenters. The minimum atomic E-state index is -0.169. The van der Waals surface area contributed by atoms with Crippen molar-refractivity contribution in [3.63, 3.8) is 0 Å². The first-order chi connectivity index (χ1) is 11.0. The number of imide groups is 1. The molecule has 6 heteroatoms. The minimum Gasteiger partial charge on any atom is -0.494 e. The molecule has 0 spiro atoms. The number of hydrogen-bond acceptors (Lipinski definition) is 3. The minimum absolute atomic E-state index is 0.0412. The fourth-order valence-electron chi connectivity index (χ4n) is 4.46. The van der Waals surface area contributed by atoms with Crippen LogP contribution in [0.4, 0.5) is 5.69 Å². The molecule has 0 aromatic heterocycles. The van der Waals surface area contributed by atoms with E-state index in [1.165, 1.54) is 4.90 Å². The third kappa shape index (κ3) is 2.14. The zero-order valence-electron chi connectivity index (χ0n) is 12.6. The summed E-state index contributed by atoms with van der Waals surface area (Å²) in [4.78, 5) is 27.7. The van der Waals surface area contributed by atoms with Gasteiger partial charge in [-0.2, -0.15) is 0 Å². The van der Waals surface area contributed by atoms with E-state index < -0.39 is 0 Å². The van der Waals surface area contributed by atoms with Crippen LogP contribution >= 0.6 is 31.9 Å². The molecule has 1 aromatic carbocycles. The van der Waals surface area contributed by atoms with Crippen LogP contribution in [-0.4, -0.2) is 28.1 Å². The molecule has 6 atom stereocenters. The van der Waals surface area contributed by atoms with Crippen molar-refractivity contribution in [3.05, 3.63) is 24.3 Å². The number of hydrogen-bond donors (Lipinski definition) is 0. The molecule has 23 heavy (non-hydrogen) atoms. The first kappa shape index (κ1) is 15.6. The number of benzene rings is 1. The highest BCUT2D eigenvalue weighted by Gasteiger charge is 2.66. The first-order valence-corrected chi connectivity index (χ1v) is 9.76. The van der Waals surface area contributed by atoms with E-state index >= 15 is 0 Å². The number of rotatable bonds is 3. The summed E-state index contributed by atoms with van der Waals surface area (Å²) >= 11 is 7.40. The molecule has 122 valence electrons. The van der Waals surface area contributed by atoms with E-state index in [1.807, 2.05) is 19.1 Å². The smallest absolute Gasteiger partial charge is 0.238 e. The fourth-order valence-corrected chi connectivity index (χ4v) is 6.33. The van der Waals surface area contributed by atoms with E-state index in [2.05, 4.69) is 31.9 Å². The molecular weight excluding hydrogens is 426 g/mol. The predicted molar refractivity (Wildman–Crippen MR) is 94.1 cm³/mol. The van der Waals surface area contributed by atoms with E-state index in [4.69, 9.17) is 4.74 Å². The number of carbonyl (C=O) groups is 2. The molecule has 4 nitrogen and oxygen atoms in total. The fraction of sp³-hybridized carbons (Fsp3) is 0.529. The van der Waals surface area contributed by atoms with Crippen molar-refractivity contribution in [1.29, 1.82) is 0 Å². The molecule has 2 amide bonds. The van der Waals surface area contributed by atoms with Gasteiger partial charge in [-0.1, -0.05) is 31.9 Å². The molecule has 4 rings (SSSR count). The van der Waals surface area contributed by atoms with Crippen molar-refractivity contribution < 1.29 is 14.3 Å². The van der Waals surface area contributed by atoms with Gasteiger partial charge in [0.25, 0.3) is 0 Å². The highest BCUT2D eigenvalue weighted by molar-refractivity contribution is 9.12. The van der Waals surface area contributed by atoms with Crippen molar-refractivity contribution >= 4 is 49.4 Å². The largest absolute Gasteiger partial charge is 0.494 e. The van der Waals surface area contributed by atoms with Crippen LogP contribution in [0.5, 0.6) is 5.75 Å². The predicted octanol–water partition coefficient (Wildman–Crippen LogP) is 3.37. The van der Waals surface area contributed by atoms with Crippen LogP contribution in [0.15, 0.2) is 24.3 Å². The lowest BCUT2D eigenvalue weighted by atomic mass is 9.81. The number of fused-ring (bicyclic) bond motifs is 5. The van der Waals surface area contributed by atoms with Crippen molar-refractivity contribution in [2.75, 3.05) is 11.5 Å². The third-order valence-electron chi connectivity index (χ3n) is 5.39. The van der Waals surface area contributed by atoms with Crippen LogP contribution in [0.3, 0.4) is 0 Å². The molecule has 2 aliphatic carbocycles. The van der Waals surface area contributed by atoms with Gasteiger partial charge in [-0.25, -0.2) is 0 Å². The standard InChI is InChI=1S/C17H17Br2NO3/c1-2-23-9-5-3-8(4-6-9)20-16(21)12-10-7-11(13(12)17(20)22)15(19)14(10)18/h3-6,10-15H,2,7H2,1H3/t10-,11+,12-,13+,14-,15+. The first-order valence-electron chi connectivity index (χ1n) is 7.93. The Kier molecular flexibility index (Phi) is 3.80. The van der Waals surface area contributed by atoms with Gasteiger partial charge in [-0.15, -0.1) is 0 Å². The Bertz CT molecular complexity index is 630. The highest BCUT2D eigenvalue weighted by atomic mass is 79.9. The van der Waals surface area contributed by atoms with Crippen molar-refractivity contribution in [3.8, 4) is 5.75 Å². The quantitative estimate of drug-likeness (QED) is 0.532. The van der Waals surface area contributed by atoms with E-state index in [1.54, 1.807) is 12.1 Å². The monoisotopic (exact) mass is 441 g/mol. The maximum Gasteiger partial charge on any atom is 0.238 e. The van der Waals surface area contributed by atoms with Crippen molar-refractivity contribution in [2.45, 2.75) is 23.0 Å². The number of carbonyl (C=O) groups excluding carboxylic acids is 2. The summed E-state index contributed by atoms with van der Waals surface area (Å²) in [6.45, 7) is 2.51. The summed E-state index contributed by atoms with van der Waals surface area (Å²) in [7, 11) is 0. The second kappa shape index (κ2) is 5.59. The summed E-state index contributed by atoms with van der Waals surface area (Å²) in [5.74, 6) is 0.823. The van der Waals surface area contributed by atoms with Crippen LogP contribution in [0, 0.1) is 23.7 Å². The van der Waals surface area contributed by atoms with Crippen LogP contribution in [0.25, 0.3) is 0 Å². The van der Waals surface area contributed by atoms with Crippen LogP contribution in [0.2, 0.25) is 0 Å². The van der Waals surface area contributed by atoms with E-state index in [9.17, 15) is 9.59 Å². The number of ether oxygens (including phenoxy) is 1. The number of alkyl halides is 2. The Labute approximate surface area is 151 Å². The summed E-state index contributed by atoms with van der Waals surface area (Å²) in [5.41, 5.74) is 0.648. The molecule has 2 saturated carbocycles. The Hall–Kier alpha value is -0.880. The molecule has 0 radical (unpaired) electrons. The van der Waals surface area contributed by atoms with Gasteiger partial charge < -0.3 is 4.74 Å². The second-order valence-corrected chi connectivity index (χ2v) is 8.56. The van der Waals surface area contributed by atoms with Gasteiger partial charge >= 0.3 is 0 Å². The number of halogens is 2. The van der Waals surface area contributed by atoms with E-state index in [-0.39, 0.29) is 45.1 Å². The van der Waals surface area contributed by atoms with Gasteiger partial charge in [0.05, 0.1) is 24.1 Å². The Morgan fingerprint density at radius 3 is 2.04 bits per heavy atom. The SMILES string of the molecule is CCOc1ccc(N2C(=O)[C@@H]3[C@H]4C[C@H]([C@H](Br)[C@@H]4Br)[C@@H]3C2=O)cc1. The molecule has 1 aromatic rings. The third-order valence-corrected chi connectivity index (χ3v) is 8.60. The van der Waals surface area contributed by atoms with Crippen LogP contribution < -0.4 is 9.64 Å². The van der Waals surface area contributed by atoms with Crippen LogP contribution in [-0.2, 0) is 9.59 Å². The Morgan fingerprint density at radius 1 is 1.04 bits per heavy atom. The molecule has 3 fully saturated rings.